The van der Waals surface area contributed by atoms with Gasteiger partial charge in [0.1, 0.15) is 10.6 Å². The van der Waals surface area contributed by atoms with Crippen LogP contribution in [-0.4, -0.2) is 45.9 Å². The van der Waals surface area contributed by atoms with Crippen LogP contribution in [0.2, 0.25) is 0 Å². The van der Waals surface area contributed by atoms with Crippen molar-refractivity contribution in [2.45, 2.75) is 11.8 Å². The molecule has 0 aliphatic heterocycles. The fraction of sp³-hybridized carbons (Fsp3) is 0.278. The topological polar surface area (TPSA) is 87.7 Å². The molecule has 2 aromatic carbocycles. The van der Waals surface area contributed by atoms with Crippen molar-refractivity contribution in [1.82, 2.24) is 4.31 Å². The van der Waals surface area contributed by atoms with Crippen LogP contribution in [0.25, 0.3) is 0 Å². The summed E-state index contributed by atoms with van der Waals surface area (Å²) in [5.74, 6) is -0.0344. The third kappa shape index (κ3) is 4.96. The lowest BCUT2D eigenvalue weighted by molar-refractivity contribution is -0.114. The van der Waals surface area contributed by atoms with E-state index in [-0.39, 0.29) is 23.1 Å². The third-order valence-electron chi connectivity index (χ3n) is 3.51. The average Bonchev–Trinajstić information content (AvgIpc) is 2.62. The van der Waals surface area contributed by atoms with E-state index in [2.05, 4.69) is 10.6 Å². The first-order valence-electron chi connectivity index (χ1n) is 8.12. The van der Waals surface area contributed by atoms with E-state index in [0.717, 1.165) is 9.99 Å². The molecule has 2 rings (SSSR count). The van der Waals surface area contributed by atoms with Crippen molar-refractivity contribution >= 4 is 27.3 Å². The highest BCUT2D eigenvalue weighted by atomic mass is 32.2. The fourth-order valence-corrected chi connectivity index (χ4v) is 3.25. The maximum atomic E-state index is 12.5. The Balaban J connectivity index is 2.15. The molecule has 26 heavy (non-hydrogen) atoms. The summed E-state index contributed by atoms with van der Waals surface area (Å²) >= 11 is 0. The molecular weight excluding hydrogens is 354 g/mol. The Morgan fingerprint density at radius 3 is 2.38 bits per heavy atom. The molecule has 0 bridgehead atoms. The standard InChI is InChI=1S/C18H23N3O4S/c1-4-25-16-11-10-15(12-17(16)26(23,24)21(2)3)20-18(22)13-19-14-8-6-5-7-9-14/h5-12,19H,4,13H2,1-3H3,(H,20,22). The first-order chi connectivity index (χ1) is 12.3. The van der Waals surface area contributed by atoms with Gasteiger partial charge in [0.25, 0.3) is 0 Å². The number of nitrogens with one attached hydrogen (secondary N) is 2. The molecule has 8 heteroatoms. The van der Waals surface area contributed by atoms with Crippen molar-refractivity contribution in [3.63, 3.8) is 0 Å². The molecule has 0 aromatic heterocycles. The van der Waals surface area contributed by atoms with E-state index < -0.39 is 10.0 Å². The zero-order chi connectivity index (χ0) is 19.2. The normalized spacial score (nSPS) is 11.2. The van der Waals surface area contributed by atoms with E-state index in [1.54, 1.807) is 19.1 Å². The molecule has 0 saturated carbocycles. The molecule has 0 unspecified atom stereocenters. The summed E-state index contributed by atoms with van der Waals surface area (Å²) in [6.45, 7) is 2.17. The number of hydrogen-bond donors (Lipinski definition) is 2. The van der Waals surface area contributed by atoms with Gasteiger partial charge in [-0.3, -0.25) is 4.79 Å². The molecule has 0 heterocycles. The first kappa shape index (κ1) is 19.7. The SMILES string of the molecule is CCOc1ccc(NC(=O)CNc2ccccc2)cc1S(=O)(=O)N(C)C. The number of anilines is 2. The number of hydrogen-bond acceptors (Lipinski definition) is 5. The Hall–Kier alpha value is -2.58. The molecule has 0 spiro atoms. The van der Waals surface area contributed by atoms with Gasteiger partial charge in [0, 0.05) is 25.5 Å². The van der Waals surface area contributed by atoms with Gasteiger partial charge < -0.3 is 15.4 Å². The predicted molar refractivity (Wildman–Crippen MR) is 102 cm³/mol. The Morgan fingerprint density at radius 1 is 1.08 bits per heavy atom. The van der Waals surface area contributed by atoms with Crippen LogP contribution in [0.15, 0.2) is 53.4 Å². The lowest BCUT2D eigenvalue weighted by Crippen LogP contribution is -2.24. The number of sulfonamides is 1. The van der Waals surface area contributed by atoms with Gasteiger partial charge in [-0.05, 0) is 37.3 Å². The van der Waals surface area contributed by atoms with E-state index in [9.17, 15) is 13.2 Å². The number of nitrogens with zero attached hydrogens (tertiary/aromatic N) is 1. The smallest absolute Gasteiger partial charge is 0.246 e. The van der Waals surface area contributed by atoms with Crippen LogP contribution in [0.3, 0.4) is 0 Å². The molecule has 2 aromatic rings. The summed E-state index contributed by atoms with van der Waals surface area (Å²) in [4.78, 5) is 12.1. The minimum Gasteiger partial charge on any atom is -0.492 e. The van der Waals surface area contributed by atoms with E-state index in [1.165, 1.54) is 20.2 Å². The lowest BCUT2D eigenvalue weighted by atomic mass is 10.3. The van der Waals surface area contributed by atoms with Gasteiger partial charge >= 0.3 is 0 Å². The van der Waals surface area contributed by atoms with E-state index in [1.807, 2.05) is 30.3 Å². The molecule has 2 N–H and O–H groups in total. The maximum absolute atomic E-state index is 12.5. The molecule has 1 amide bonds. The molecule has 0 atom stereocenters. The highest BCUT2D eigenvalue weighted by Gasteiger charge is 2.23. The minimum atomic E-state index is -3.70. The zero-order valence-electron chi connectivity index (χ0n) is 15.0. The summed E-state index contributed by atoms with van der Waals surface area (Å²) in [5, 5.41) is 5.69. The third-order valence-corrected chi connectivity index (χ3v) is 5.35. The van der Waals surface area contributed by atoms with Crippen molar-refractivity contribution < 1.29 is 17.9 Å². The predicted octanol–water partition coefficient (Wildman–Crippen LogP) is 2.39. The van der Waals surface area contributed by atoms with Gasteiger partial charge in [-0.1, -0.05) is 18.2 Å². The maximum Gasteiger partial charge on any atom is 0.246 e. The van der Waals surface area contributed by atoms with Gasteiger partial charge in [-0.15, -0.1) is 0 Å². The molecule has 0 saturated heterocycles. The van der Waals surface area contributed by atoms with Crippen molar-refractivity contribution in [2.24, 2.45) is 0 Å². The largest absolute Gasteiger partial charge is 0.492 e. The zero-order valence-corrected chi connectivity index (χ0v) is 15.8. The van der Waals surface area contributed by atoms with Crippen LogP contribution in [0.5, 0.6) is 5.75 Å². The summed E-state index contributed by atoms with van der Waals surface area (Å²) in [6, 6.07) is 13.9. The Bertz CT molecular complexity index is 852. The molecule has 7 nitrogen and oxygen atoms in total. The van der Waals surface area contributed by atoms with E-state index in [4.69, 9.17) is 4.74 Å². The number of carbonyl (C=O) groups is 1. The highest BCUT2D eigenvalue weighted by molar-refractivity contribution is 7.89. The number of ether oxygens (including phenoxy) is 1. The van der Waals surface area contributed by atoms with Crippen molar-refractivity contribution in [3.05, 3.63) is 48.5 Å². The second kappa shape index (κ2) is 8.68. The van der Waals surface area contributed by atoms with Crippen LogP contribution >= 0.6 is 0 Å². The second-order valence-electron chi connectivity index (χ2n) is 5.65. The number of benzene rings is 2. The number of rotatable bonds is 8. The van der Waals surface area contributed by atoms with Gasteiger partial charge in [0.05, 0.1) is 13.2 Å². The molecule has 0 fully saturated rings. The highest BCUT2D eigenvalue weighted by Crippen LogP contribution is 2.29. The fourth-order valence-electron chi connectivity index (χ4n) is 2.20. The summed E-state index contributed by atoms with van der Waals surface area (Å²) in [6.07, 6.45) is 0. The summed E-state index contributed by atoms with van der Waals surface area (Å²) in [7, 11) is -0.813. The van der Waals surface area contributed by atoms with Crippen molar-refractivity contribution in [2.75, 3.05) is 37.9 Å². The van der Waals surface area contributed by atoms with Crippen LogP contribution < -0.4 is 15.4 Å². The Morgan fingerprint density at radius 2 is 1.77 bits per heavy atom. The van der Waals surface area contributed by atoms with Crippen LogP contribution in [0.4, 0.5) is 11.4 Å². The van der Waals surface area contributed by atoms with Gasteiger partial charge in [0.15, 0.2) is 0 Å². The van der Waals surface area contributed by atoms with Crippen molar-refractivity contribution in [3.8, 4) is 5.75 Å². The van der Waals surface area contributed by atoms with E-state index in [0.29, 0.717) is 12.3 Å². The first-order valence-corrected chi connectivity index (χ1v) is 9.56. The summed E-state index contributed by atoms with van der Waals surface area (Å²) < 4.78 is 31.5. The second-order valence-corrected chi connectivity index (χ2v) is 7.77. The number of amides is 1. The molecule has 140 valence electrons. The average molecular weight is 377 g/mol. The van der Waals surface area contributed by atoms with Gasteiger partial charge in [-0.2, -0.15) is 0 Å². The quantitative estimate of drug-likeness (QED) is 0.737. The van der Waals surface area contributed by atoms with Crippen LogP contribution in [0, 0.1) is 0 Å². The molecule has 0 aliphatic rings. The summed E-state index contributed by atoms with van der Waals surface area (Å²) in [5.41, 5.74) is 1.21. The minimum absolute atomic E-state index is 0.0122. The molecule has 0 aliphatic carbocycles. The number of carbonyl (C=O) groups excluding carboxylic acids is 1. The van der Waals surface area contributed by atoms with Crippen LogP contribution in [0.1, 0.15) is 6.92 Å². The van der Waals surface area contributed by atoms with E-state index >= 15 is 0 Å². The van der Waals surface area contributed by atoms with Crippen LogP contribution in [-0.2, 0) is 14.8 Å². The van der Waals surface area contributed by atoms with Crippen molar-refractivity contribution in [1.29, 1.82) is 0 Å². The molecule has 0 radical (unpaired) electrons. The van der Waals surface area contributed by atoms with Gasteiger partial charge in [-0.25, -0.2) is 12.7 Å². The lowest BCUT2D eigenvalue weighted by Gasteiger charge is -2.16. The molecular formula is C18H23N3O4S. The Kier molecular flexibility index (Phi) is 6.59. The Labute approximate surface area is 154 Å². The number of para-hydroxylation sites is 1. The van der Waals surface area contributed by atoms with Gasteiger partial charge in [0.2, 0.25) is 15.9 Å². The monoisotopic (exact) mass is 377 g/mol.